The maximum atomic E-state index is 13.4. The highest BCUT2D eigenvalue weighted by molar-refractivity contribution is 9.10. The molecule has 0 fully saturated rings. The van der Waals surface area contributed by atoms with Crippen LogP contribution in [-0.2, 0) is 13.0 Å². The number of rotatable bonds is 2. The molecule has 0 bridgehead atoms. The van der Waals surface area contributed by atoms with Crippen LogP contribution in [0.4, 0.5) is 10.1 Å². The van der Waals surface area contributed by atoms with Crippen LogP contribution >= 0.6 is 15.9 Å². The molecule has 0 spiro atoms. The summed E-state index contributed by atoms with van der Waals surface area (Å²) in [7, 11) is 0. The number of nitrogen functional groups attached to an aromatic ring is 1. The first kappa shape index (κ1) is 14.5. The average Bonchev–Trinajstić information content (AvgIpc) is 2.49. The van der Waals surface area contributed by atoms with E-state index in [0.29, 0.717) is 4.47 Å². The largest absolute Gasteiger partial charge is 0.398 e. The van der Waals surface area contributed by atoms with E-state index >= 15 is 0 Å². The van der Waals surface area contributed by atoms with Gasteiger partial charge in [0.25, 0.3) is 0 Å². The molecule has 2 nitrogen and oxygen atoms in total. The van der Waals surface area contributed by atoms with Gasteiger partial charge in [0, 0.05) is 24.8 Å². The number of hydrogen-bond donors (Lipinski definition) is 1. The van der Waals surface area contributed by atoms with Gasteiger partial charge in [-0.1, -0.05) is 18.2 Å². The minimum Gasteiger partial charge on any atom is -0.398 e. The Bertz CT molecular complexity index is 672. The van der Waals surface area contributed by atoms with Gasteiger partial charge in [0.1, 0.15) is 5.82 Å². The van der Waals surface area contributed by atoms with Crippen LogP contribution in [-0.4, -0.2) is 11.4 Å². The van der Waals surface area contributed by atoms with Crippen LogP contribution in [0.25, 0.3) is 0 Å². The summed E-state index contributed by atoms with van der Waals surface area (Å²) in [6, 6.07) is 11.6. The van der Waals surface area contributed by atoms with Gasteiger partial charge >= 0.3 is 0 Å². The van der Waals surface area contributed by atoms with Gasteiger partial charge in [0.05, 0.1) is 4.47 Å². The molecule has 1 unspecified atom stereocenters. The maximum Gasteiger partial charge on any atom is 0.137 e. The third-order valence-corrected chi connectivity index (χ3v) is 4.91. The van der Waals surface area contributed by atoms with Crippen molar-refractivity contribution < 1.29 is 4.39 Å². The highest BCUT2D eigenvalue weighted by Gasteiger charge is 2.23. The number of nitrogens with two attached hydrogens (primary N) is 1. The summed E-state index contributed by atoms with van der Waals surface area (Å²) in [5.41, 5.74) is 10.6. The third kappa shape index (κ3) is 2.83. The van der Waals surface area contributed by atoms with Crippen molar-refractivity contribution in [3.05, 3.63) is 63.4 Å². The molecule has 1 heterocycles. The molecule has 0 amide bonds. The lowest BCUT2D eigenvalue weighted by Gasteiger charge is -2.34. The second-order valence-electron chi connectivity index (χ2n) is 5.55. The van der Waals surface area contributed by atoms with Gasteiger partial charge in [-0.05, 0) is 64.2 Å². The highest BCUT2D eigenvalue weighted by Crippen LogP contribution is 2.31. The van der Waals surface area contributed by atoms with Gasteiger partial charge in [0.2, 0.25) is 0 Å². The van der Waals surface area contributed by atoms with Crippen LogP contribution < -0.4 is 5.73 Å². The fraction of sp³-hybridized carbons (Fsp3) is 0.294. The van der Waals surface area contributed by atoms with Crippen molar-refractivity contribution in [2.45, 2.75) is 25.9 Å². The molecule has 1 atom stereocenters. The number of halogens is 2. The Labute approximate surface area is 132 Å². The van der Waals surface area contributed by atoms with Gasteiger partial charge in [-0.2, -0.15) is 0 Å². The first-order valence-electron chi connectivity index (χ1n) is 7.11. The fourth-order valence-corrected chi connectivity index (χ4v) is 3.37. The zero-order chi connectivity index (χ0) is 15.0. The Balaban J connectivity index is 1.83. The molecule has 2 aromatic rings. The third-order valence-electron chi connectivity index (χ3n) is 4.31. The predicted molar refractivity (Wildman–Crippen MR) is 87.5 cm³/mol. The first-order chi connectivity index (χ1) is 10.1. The van der Waals surface area contributed by atoms with Crippen LogP contribution in [0.5, 0.6) is 0 Å². The van der Waals surface area contributed by atoms with Crippen molar-refractivity contribution in [1.29, 1.82) is 0 Å². The summed E-state index contributed by atoms with van der Waals surface area (Å²) in [6.07, 6.45) is 0.967. The molecule has 110 valence electrons. The fourth-order valence-electron chi connectivity index (χ4n) is 2.97. The second kappa shape index (κ2) is 5.78. The van der Waals surface area contributed by atoms with E-state index < -0.39 is 0 Å². The summed E-state index contributed by atoms with van der Waals surface area (Å²) >= 11 is 3.26. The molecule has 0 saturated heterocycles. The molecule has 1 aliphatic rings. The zero-order valence-corrected chi connectivity index (χ0v) is 13.5. The number of benzene rings is 2. The minimum atomic E-state index is -0.220. The minimum absolute atomic E-state index is 0.220. The van der Waals surface area contributed by atoms with Crippen LogP contribution in [0, 0.1) is 5.82 Å². The molecular formula is C17H18BrFN2. The molecule has 0 radical (unpaired) electrons. The SMILES string of the molecule is CC(c1ccc(F)c(Br)c1)N1CCc2c(N)cccc2C1. The van der Waals surface area contributed by atoms with Crippen LogP contribution in [0.2, 0.25) is 0 Å². The number of anilines is 1. The van der Waals surface area contributed by atoms with E-state index in [-0.39, 0.29) is 11.9 Å². The van der Waals surface area contributed by atoms with E-state index in [1.165, 1.54) is 17.2 Å². The van der Waals surface area contributed by atoms with Crippen molar-refractivity contribution in [2.24, 2.45) is 0 Å². The zero-order valence-electron chi connectivity index (χ0n) is 11.9. The second-order valence-corrected chi connectivity index (χ2v) is 6.41. The summed E-state index contributed by atoms with van der Waals surface area (Å²) in [4.78, 5) is 2.40. The first-order valence-corrected chi connectivity index (χ1v) is 7.91. The van der Waals surface area contributed by atoms with Crippen molar-refractivity contribution in [3.63, 3.8) is 0 Å². The van der Waals surface area contributed by atoms with Crippen molar-refractivity contribution >= 4 is 21.6 Å². The average molecular weight is 349 g/mol. The van der Waals surface area contributed by atoms with E-state index in [0.717, 1.165) is 30.8 Å². The van der Waals surface area contributed by atoms with E-state index in [1.54, 1.807) is 0 Å². The molecule has 2 aromatic carbocycles. The van der Waals surface area contributed by atoms with Crippen LogP contribution in [0.15, 0.2) is 40.9 Å². The summed E-state index contributed by atoms with van der Waals surface area (Å²) in [6.45, 7) is 4.02. The van der Waals surface area contributed by atoms with Crippen molar-refractivity contribution in [2.75, 3.05) is 12.3 Å². The van der Waals surface area contributed by atoms with Gasteiger partial charge in [-0.3, -0.25) is 4.90 Å². The molecule has 0 saturated carbocycles. The van der Waals surface area contributed by atoms with E-state index in [1.807, 2.05) is 24.3 Å². The normalized spacial score (nSPS) is 16.5. The summed E-state index contributed by atoms with van der Waals surface area (Å²) < 4.78 is 13.9. The Morgan fingerprint density at radius 1 is 1.29 bits per heavy atom. The quantitative estimate of drug-likeness (QED) is 0.820. The Kier molecular flexibility index (Phi) is 4.00. The van der Waals surface area contributed by atoms with Crippen molar-refractivity contribution in [1.82, 2.24) is 4.90 Å². The van der Waals surface area contributed by atoms with Gasteiger partial charge < -0.3 is 5.73 Å². The van der Waals surface area contributed by atoms with E-state index in [4.69, 9.17) is 5.73 Å². The van der Waals surface area contributed by atoms with Gasteiger partial charge in [0.15, 0.2) is 0 Å². The number of hydrogen-bond acceptors (Lipinski definition) is 2. The Morgan fingerprint density at radius 3 is 2.86 bits per heavy atom. The lowest BCUT2D eigenvalue weighted by Crippen LogP contribution is -2.33. The van der Waals surface area contributed by atoms with Crippen molar-refractivity contribution in [3.8, 4) is 0 Å². The Hall–Kier alpha value is -1.39. The summed E-state index contributed by atoms with van der Waals surface area (Å²) in [5.74, 6) is -0.220. The van der Waals surface area contributed by atoms with Crippen LogP contribution in [0.3, 0.4) is 0 Å². The molecule has 21 heavy (non-hydrogen) atoms. The molecule has 4 heteroatoms. The number of nitrogens with zero attached hydrogens (tertiary/aromatic N) is 1. The smallest absolute Gasteiger partial charge is 0.137 e. The monoisotopic (exact) mass is 348 g/mol. The Morgan fingerprint density at radius 2 is 2.10 bits per heavy atom. The lowest BCUT2D eigenvalue weighted by molar-refractivity contribution is 0.192. The molecule has 0 aromatic heterocycles. The van der Waals surface area contributed by atoms with Crippen LogP contribution in [0.1, 0.15) is 29.7 Å². The molecule has 0 aliphatic carbocycles. The number of fused-ring (bicyclic) bond motifs is 1. The molecule has 3 rings (SSSR count). The molecule has 1 aliphatic heterocycles. The maximum absolute atomic E-state index is 13.4. The van der Waals surface area contributed by atoms with Gasteiger partial charge in [-0.15, -0.1) is 0 Å². The van der Waals surface area contributed by atoms with E-state index in [2.05, 4.69) is 33.8 Å². The lowest BCUT2D eigenvalue weighted by atomic mass is 9.95. The highest BCUT2D eigenvalue weighted by atomic mass is 79.9. The molecule has 2 N–H and O–H groups in total. The summed E-state index contributed by atoms with van der Waals surface area (Å²) in [5, 5.41) is 0. The predicted octanol–water partition coefficient (Wildman–Crippen LogP) is 4.29. The van der Waals surface area contributed by atoms with Gasteiger partial charge in [-0.25, -0.2) is 4.39 Å². The van der Waals surface area contributed by atoms with E-state index in [9.17, 15) is 4.39 Å². The topological polar surface area (TPSA) is 29.3 Å². The standard InChI is InChI=1S/C17H18BrFN2/c1-11(12-5-6-16(19)15(18)9-12)21-8-7-14-13(10-21)3-2-4-17(14)20/h2-6,9,11H,7-8,10,20H2,1H3. The molecular weight excluding hydrogens is 331 g/mol.